The SMILES string of the molecule is CC(C)=CC(P(=O)(O)O)P(=O)(O)O. The molecule has 0 bridgehead atoms. The molecule has 0 unspecified atom stereocenters. The maximum Gasteiger partial charge on any atom is 0.344 e. The second kappa shape index (κ2) is 4.05. The fourth-order valence-electron chi connectivity index (χ4n) is 0.688. The summed E-state index contributed by atoms with van der Waals surface area (Å²) in [4.78, 5) is 34.5. The normalized spacial score (nSPS) is 13.2. The lowest BCUT2D eigenvalue weighted by Crippen LogP contribution is -2.06. The van der Waals surface area contributed by atoms with Crippen LogP contribution in [0.4, 0.5) is 0 Å². The Morgan fingerprint density at radius 2 is 1.38 bits per heavy atom. The van der Waals surface area contributed by atoms with E-state index >= 15 is 0 Å². The highest BCUT2D eigenvalue weighted by molar-refractivity contribution is 7.71. The highest BCUT2D eigenvalue weighted by Crippen LogP contribution is 2.60. The van der Waals surface area contributed by atoms with Gasteiger partial charge in [0.2, 0.25) is 0 Å². The molecule has 8 heteroatoms. The minimum Gasteiger partial charge on any atom is -0.324 e. The van der Waals surface area contributed by atoms with Gasteiger partial charge >= 0.3 is 15.2 Å². The molecular formula is C5H12O6P2. The van der Waals surface area contributed by atoms with Gasteiger partial charge in [-0.1, -0.05) is 11.6 Å². The molecule has 0 aliphatic carbocycles. The van der Waals surface area contributed by atoms with Crippen molar-refractivity contribution in [1.29, 1.82) is 0 Å². The Morgan fingerprint density at radius 3 is 1.46 bits per heavy atom. The summed E-state index contributed by atoms with van der Waals surface area (Å²) in [5.74, 6) is 0. The van der Waals surface area contributed by atoms with E-state index in [0.717, 1.165) is 6.08 Å². The third-order valence-corrected chi connectivity index (χ3v) is 4.65. The van der Waals surface area contributed by atoms with Crippen molar-refractivity contribution in [3.8, 4) is 0 Å². The lowest BCUT2D eigenvalue weighted by Gasteiger charge is -2.16. The van der Waals surface area contributed by atoms with Gasteiger partial charge in [-0.2, -0.15) is 0 Å². The molecule has 4 N–H and O–H groups in total. The molecule has 0 aliphatic rings. The van der Waals surface area contributed by atoms with Crippen LogP contribution in [0.1, 0.15) is 13.8 Å². The molecule has 0 aliphatic heterocycles. The van der Waals surface area contributed by atoms with Crippen LogP contribution in [0.5, 0.6) is 0 Å². The van der Waals surface area contributed by atoms with E-state index in [9.17, 15) is 9.13 Å². The number of rotatable bonds is 3. The van der Waals surface area contributed by atoms with Gasteiger partial charge in [0.1, 0.15) is 0 Å². The minimum atomic E-state index is -4.79. The topological polar surface area (TPSA) is 115 Å². The molecule has 0 radical (unpaired) electrons. The van der Waals surface area contributed by atoms with Gasteiger partial charge in [0.05, 0.1) is 0 Å². The van der Waals surface area contributed by atoms with Crippen molar-refractivity contribution in [2.45, 2.75) is 19.2 Å². The third kappa shape index (κ3) is 4.72. The van der Waals surface area contributed by atoms with E-state index in [1.807, 2.05) is 0 Å². The third-order valence-electron chi connectivity index (χ3n) is 1.17. The predicted octanol–water partition coefficient (Wildman–Crippen LogP) is 0.634. The van der Waals surface area contributed by atoms with Gasteiger partial charge in [0, 0.05) is 0 Å². The van der Waals surface area contributed by atoms with E-state index in [-0.39, 0.29) is 0 Å². The average molecular weight is 230 g/mol. The van der Waals surface area contributed by atoms with E-state index in [1.54, 1.807) is 0 Å². The largest absolute Gasteiger partial charge is 0.344 e. The van der Waals surface area contributed by atoms with E-state index in [0.29, 0.717) is 5.57 Å². The first-order valence-corrected chi connectivity index (χ1v) is 6.67. The Kier molecular flexibility index (Phi) is 4.06. The molecule has 0 spiro atoms. The van der Waals surface area contributed by atoms with Crippen molar-refractivity contribution in [1.82, 2.24) is 0 Å². The zero-order valence-corrected chi connectivity index (χ0v) is 8.94. The van der Waals surface area contributed by atoms with Crippen molar-refractivity contribution in [2.75, 3.05) is 0 Å². The van der Waals surface area contributed by atoms with Gasteiger partial charge in [-0.15, -0.1) is 0 Å². The molecule has 78 valence electrons. The second-order valence-corrected chi connectivity index (χ2v) is 6.71. The Morgan fingerprint density at radius 1 is 1.08 bits per heavy atom. The van der Waals surface area contributed by atoms with Crippen LogP contribution in [0.15, 0.2) is 11.6 Å². The smallest absolute Gasteiger partial charge is 0.324 e. The van der Waals surface area contributed by atoms with Gasteiger partial charge in [0.25, 0.3) is 0 Å². The highest BCUT2D eigenvalue weighted by atomic mass is 31.2. The summed E-state index contributed by atoms with van der Waals surface area (Å²) in [6.45, 7) is 3.00. The van der Waals surface area contributed by atoms with Crippen LogP contribution in [0, 0.1) is 0 Å². The molecule has 0 heterocycles. The summed E-state index contributed by atoms with van der Waals surface area (Å²) >= 11 is 0. The van der Waals surface area contributed by atoms with E-state index < -0.39 is 20.6 Å². The van der Waals surface area contributed by atoms with Crippen LogP contribution in [0.2, 0.25) is 0 Å². The predicted molar refractivity (Wildman–Crippen MR) is 47.3 cm³/mol. The van der Waals surface area contributed by atoms with Gasteiger partial charge < -0.3 is 19.6 Å². The molecule has 0 atom stereocenters. The standard InChI is InChI=1S/C5H12O6P2/c1-4(2)3-5(12(6,7)8)13(9,10)11/h3,5H,1-2H3,(H2,6,7,8)(H2,9,10,11). The van der Waals surface area contributed by atoms with Gasteiger partial charge in [0.15, 0.2) is 5.40 Å². The summed E-state index contributed by atoms with van der Waals surface area (Å²) in [5.41, 5.74) is 0.441. The zero-order valence-electron chi connectivity index (χ0n) is 7.15. The lowest BCUT2D eigenvalue weighted by molar-refractivity contribution is 0.346. The van der Waals surface area contributed by atoms with E-state index in [4.69, 9.17) is 19.6 Å². The summed E-state index contributed by atoms with van der Waals surface area (Å²) in [5, 5.41) is -2.02. The molecule has 0 aromatic carbocycles. The van der Waals surface area contributed by atoms with Gasteiger partial charge in [-0.05, 0) is 13.8 Å². The van der Waals surface area contributed by atoms with Crippen molar-refractivity contribution < 1.29 is 28.7 Å². The second-order valence-electron chi connectivity index (χ2n) is 2.84. The summed E-state index contributed by atoms with van der Waals surface area (Å²) in [7, 11) is -9.58. The molecule has 0 aromatic heterocycles. The van der Waals surface area contributed by atoms with Gasteiger partial charge in [-0.25, -0.2) is 0 Å². The molecular weight excluding hydrogens is 218 g/mol. The minimum absolute atomic E-state index is 0.441. The number of hydrogen-bond acceptors (Lipinski definition) is 2. The first-order chi connectivity index (χ1) is 5.55. The maximum absolute atomic E-state index is 10.7. The van der Waals surface area contributed by atoms with Crippen LogP contribution in [-0.2, 0) is 9.13 Å². The van der Waals surface area contributed by atoms with E-state index in [2.05, 4.69) is 0 Å². The molecule has 0 saturated carbocycles. The van der Waals surface area contributed by atoms with Crippen molar-refractivity contribution >= 4 is 15.2 Å². The molecule has 13 heavy (non-hydrogen) atoms. The Labute approximate surface area is 75.6 Å². The quantitative estimate of drug-likeness (QED) is 0.417. The molecule has 0 saturated heterocycles. The first-order valence-electron chi connectivity index (χ1n) is 3.30. The summed E-state index contributed by atoms with van der Waals surface area (Å²) < 4.78 is 21.3. The molecule has 0 fully saturated rings. The van der Waals surface area contributed by atoms with Crippen LogP contribution >= 0.6 is 15.2 Å². The van der Waals surface area contributed by atoms with Crippen LogP contribution in [0.3, 0.4) is 0 Å². The lowest BCUT2D eigenvalue weighted by atomic mass is 10.3. The zero-order chi connectivity index (χ0) is 10.9. The van der Waals surface area contributed by atoms with E-state index in [1.165, 1.54) is 13.8 Å². The highest BCUT2D eigenvalue weighted by Gasteiger charge is 2.41. The summed E-state index contributed by atoms with van der Waals surface area (Å²) in [6, 6.07) is 0. The molecule has 0 aromatic rings. The van der Waals surface area contributed by atoms with Crippen molar-refractivity contribution in [2.24, 2.45) is 0 Å². The molecule has 0 rings (SSSR count). The average Bonchev–Trinajstić information content (AvgIpc) is 1.77. The maximum atomic E-state index is 10.7. The van der Waals surface area contributed by atoms with Gasteiger partial charge in [-0.3, -0.25) is 9.13 Å². The van der Waals surface area contributed by atoms with Crippen LogP contribution < -0.4 is 0 Å². The Balaban J connectivity index is 5.15. The van der Waals surface area contributed by atoms with Crippen LogP contribution in [-0.4, -0.2) is 25.0 Å². The first kappa shape index (κ1) is 13.0. The van der Waals surface area contributed by atoms with Crippen LogP contribution in [0.25, 0.3) is 0 Å². The fourth-order valence-corrected chi connectivity index (χ4v) is 3.24. The molecule has 6 nitrogen and oxygen atoms in total. The monoisotopic (exact) mass is 230 g/mol. The molecule has 0 amide bonds. The Hall–Kier alpha value is 0.0400. The fraction of sp³-hybridized carbons (Fsp3) is 0.600. The number of hydrogen-bond donors (Lipinski definition) is 4. The van der Waals surface area contributed by atoms with Crippen molar-refractivity contribution in [3.05, 3.63) is 11.6 Å². The summed E-state index contributed by atoms with van der Waals surface area (Å²) in [6.07, 6.45) is 0.890. The Bertz CT molecular complexity index is 270. The van der Waals surface area contributed by atoms with Crippen molar-refractivity contribution in [3.63, 3.8) is 0 Å². The number of allylic oxidation sites excluding steroid dienone is 2.